The lowest BCUT2D eigenvalue weighted by molar-refractivity contribution is 0.111. The van der Waals surface area contributed by atoms with Gasteiger partial charge in [-0.25, -0.2) is 0 Å². The van der Waals surface area contributed by atoms with Crippen molar-refractivity contribution < 1.29 is 5.11 Å². The van der Waals surface area contributed by atoms with Crippen molar-refractivity contribution in [1.29, 1.82) is 0 Å². The van der Waals surface area contributed by atoms with Crippen LogP contribution in [0.25, 0.3) is 10.8 Å². The number of aliphatic hydroxyl groups excluding tert-OH is 1. The quantitative estimate of drug-likeness (QED) is 0.272. The summed E-state index contributed by atoms with van der Waals surface area (Å²) in [5.41, 5.74) is 1.05. The van der Waals surface area contributed by atoms with Crippen molar-refractivity contribution in [3.8, 4) is 0 Å². The van der Waals surface area contributed by atoms with Crippen LogP contribution >= 0.6 is 15.9 Å². The van der Waals surface area contributed by atoms with Crippen molar-refractivity contribution in [3.05, 3.63) is 46.4 Å². The maximum absolute atomic E-state index is 11.1. The Balaban J connectivity index is 1.99. The molecule has 0 aliphatic rings. The first-order valence-electron chi connectivity index (χ1n) is 11.7. The van der Waals surface area contributed by atoms with Gasteiger partial charge in [-0.05, 0) is 48.3 Å². The van der Waals surface area contributed by atoms with E-state index in [9.17, 15) is 5.11 Å². The second-order valence-electron chi connectivity index (χ2n) is 8.33. The van der Waals surface area contributed by atoms with Crippen LogP contribution in [-0.2, 0) is 0 Å². The lowest BCUT2D eigenvalue weighted by atomic mass is 10.00. The molecule has 1 atom stereocenters. The van der Waals surface area contributed by atoms with Gasteiger partial charge < -0.3 is 10.0 Å². The van der Waals surface area contributed by atoms with Crippen LogP contribution in [0.2, 0.25) is 0 Å². The van der Waals surface area contributed by atoms with Crippen LogP contribution < -0.4 is 0 Å². The summed E-state index contributed by atoms with van der Waals surface area (Å²) in [6.07, 6.45) is 12.6. The third kappa shape index (κ3) is 8.39. The number of nitrogens with zero attached hydrogens (tertiary/aromatic N) is 1. The molecule has 0 radical (unpaired) electrons. The first kappa shape index (κ1) is 24.4. The smallest absolute Gasteiger partial charge is 0.0922 e. The van der Waals surface area contributed by atoms with E-state index in [-0.39, 0.29) is 0 Å². The second kappa shape index (κ2) is 14.2. The summed E-state index contributed by atoms with van der Waals surface area (Å²) in [5, 5.41) is 13.4. The monoisotopic (exact) mass is 461 g/mol. The maximum Gasteiger partial charge on any atom is 0.0922 e. The van der Waals surface area contributed by atoms with Crippen LogP contribution in [0.15, 0.2) is 40.9 Å². The van der Waals surface area contributed by atoms with Gasteiger partial charge in [-0.1, -0.05) is 111 Å². The van der Waals surface area contributed by atoms with E-state index < -0.39 is 6.10 Å². The summed E-state index contributed by atoms with van der Waals surface area (Å²) in [4.78, 5) is 2.50. The first-order valence-corrected chi connectivity index (χ1v) is 12.5. The van der Waals surface area contributed by atoms with Crippen molar-refractivity contribution in [2.45, 2.75) is 84.2 Å². The number of fused-ring (bicyclic) bond motifs is 1. The Morgan fingerprint density at radius 2 is 1.31 bits per heavy atom. The van der Waals surface area contributed by atoms with Crippen LogP contribution in [0, 0.1) is 0 Å². The highest BCUT2D eigenvalue weighted by molar-refractivity contribution is 9.10. The molecule has 162 valence electrons. The Morgan fingerprint density at radius 3 is 1.90 bits per heavy atom. The maximum atomic E-state index is 11.1. The fourth-order valence-electron chi connectivity index (χ4n) is 4.09. The molecular formula is C26H40BrNO. The molecule has 2 aromatic rings. The third-order valence-corrected chi connectivity index (χ3v) is 6.54. The van der Waals surface area contributed by atoms with Crippen molar-refractivity contribution in [2.75, 3.05) is 19.6 Å². The molecule has 3 heteroatoms. The molecule has 2 rings (SSSR count). The van der Waals surface area contributed by atoms with Gasteiger partial charge in [0.15, 0.2) is 0 Å². The highest BCUT2D eigenvalue weighted by Crippen LogP contribution is 2.30. The van der Waals surface area contributed by atoms with E-state index in [4.69, 9.17) is 0 Å². The summed E-state index contributed by atoms with van der Waals surface area (Å²) in [7, 11) is 0. The van der Waals surface area contributed by atoms with Gasteiger partial charge in [0.1, 0.15) is 0 Å². The summed E-state index contributed by atoms with van der Waals surface area (Å²) in [6.45, 7) is 7.46. The molecule has 1 unspecified atom stereocenters. The highest BCUT2D eigenvalue weighted by Gasteiger charge is 2.16. The van der Waals surface area contributed by atoms with Crippen molar-refractivity contribution >= 4 is 26.7 Å². The fourth-order valence-corrected chi connectivity index (χ4v) is 4.57. The number of benzene rings is 2. The van der Waals surface area contributed by atoms with Crippen LogP contribution in [-0.4, -0.2) is 29.6 Å². The molecule has 0 amide bonds. The predicted molar refractivity (Wildman–Crippen MR) is 131 cm³/mol. The number of unbranched alkanes of at least 4 members (excludes halogenated alkanes) is 8. The van der Waals surface area contributed by atoms with Gasteiger partial charge in [-0.15, -0.1) is 0 Å². The molecule has 0 saturated carbocycles. The lowest BCUT2D eigenvalue weighted by Crippen LogP contribution is -2.31. The average Bonchev–Trinajstić information content (AvgIpc) is 2.73. The van der Waals surface area contributed by atoms with Gasteiger partial charge in [0.25, 0.3) is 0 Å². The van der Waals surface area contributed by atoms with Crippen molar-refractivity contribution in [1.82, 2.24) is 4.90 Å². The van der Waals surface area contributed by atoms with Gasteiger partial charge in [-0.3, -0.25) is 0 Å². The summed E-state index contributed by atoms with van der Waals surface area (Å²) in [6, 6.07) is 12.5. The summed E-state index contributed by atoms with van der Waals surface area (Å²) >= 11 is 3.65. The minimum Gasteiger partial charge on any atom is -0.387 e. The summed E-state index contributed by atoms with van der Waals surface area (Å²) < 4.78 is 1.09. The molecule has 0 heterocycles. The van der Waals surface area contributed by atoms with E-state index in [2.05, 4.69) is 71.1 Å². The minimum atomic E-state index is -0.445. The second-order valence-corrected chi connectivity index (χ2v) is 9.18. The highest BCUT2D eigenvalue weighted by atomic mass is 79.9. The number of hydrogen-bond acceptors (Lipinski definition) is 2. The van der Waals surface area contributed by atoms with E-state index in [0.29, 0.717) is 0 Å². The Kier molecular flexibility index (Phi) is 11.9. The average molecular weight is 463 g/mol. The van der Waals surface area contributed by atoms with Gasteiger partial charge >= 0.3 is 0 Å². The fraction of sp³-hybridized carbons (Fsp3) is 0.615. The molecular weight excluding hydrogens is 422 g/mol. The molecule has 0 spiro atoms. The van der Waals surface area contributed by atoms with E-state index in [1.165, 1.54) is 69.6 Å². The standard InChI is InChI=1S/C26H40BrNO/c1-3-5-7-9-13-19-28(20-14-10-8-6-4-2)21-26(29)24-17-18-25(27)23-16-12-11-15-22(23)24/h11-12,15-18,26,29H,3-10,13-14,19-21H2,1-2H3. The lowest BCUT2D eigenvalue weighted by Gasteiger charge is -2.26. The third-order valence-electron chi connectivity index (χ3n) is 5.85. The zero-order valence-electron chi connectivity index (χ0n) is 18.5. The number of aliphatic hydroxyl groups is 1. The van der Waals surface area contributed by atoms with Crippen LogP contribution in [0.4, 0.5) is 0 Å². The van der Waals surface area contributed by atoms with E-state index in [0.717, 1.165) is 35.1 Å². The minimum absolute atomic E-state index is 0.445. The molecule has 0 saturated heterocycles. The van der Waals surface area contributed by atoms with Gasteiger partial charge in [0.05, 0.1) is 6.10 Å². The largest absolute Gasteiger partial charge is 0.387 e. The zero-order chi connectivity index (χ0) is 20.9. The molecule has 1 N–H and O–H groups in total. The SMILES string of the molecule is CCCCCCCN(CCCCCCC)CC(O)c1ccc(Br)c2ccccc12. The van der Waals surface area contributed by atoms with Gasteiger partial charge in [0, 0.05) is 11.0 Å². The Bertz CT molecular complexity index is 688. The van der Waals surface area contributed by atoms with Crippen molar-refractivity contribution in [2.24, 2.45) is 0 Å². The normalized spacial score (nSPS) is 12.7. The molecule has 2 nitrogen and oxygen atoms in total. The number of halogens is 1. The first-order chi connectivity index (χ1) is 14.2. The Labute approximate surface area is 186 Å². The zero-order valence-corrected chi connectivity index (χ0v) is 20.1. The van der Waals surface area contributed by atoms with Crippen LogP contribution in [0.5, 0.6) is 0 Å². The summed E-state index contributed by atoms with van der Waals surface area (Å²) in [5.74, 6) is 0. The molecule has 2 aromatic carbocycles. The molecule has 29 heavy (non-hydrogen) atoms. The number of rotatable bonds is 15. The van der Waals surface area contributed by atoms with Crippen LogP contribution in [0.1, 0.15) is 89.7 Å². The van der Waals surface area contributed by atoms with Gasteiger partial charge in [-0.2, -0.15) is 0 Å². The topological polar surface area (TPSA) is 23.5 Å². The van der Waals surface area contributed by atoms with E-state index in [1.807, 2.05) is 0 Å². The molecule has 0 fully saturated rings. The molecule has 0 bridgehead atoms. The molecule has 0 aliphatic heterocycles. The van der Waals surface area contributed by atoms with Crippen molar-refractivity contribution in [3.63, 3.8) is 0 Å². The van der Waals surface area contributed by atoms with Crippen LogP contribution in [0.3, 0.4) is 0 Å². The van der Waals surface area contributed by atoms with E-state index >= 15 is 0 Å². The Hall–Kier alpha value is -0.900. The van der Waals surface area contributed by atoms with Gasteiger partial charge in [0.2, 0.25) is 0 Å². The van der Waals surface area contributed by atoms with E-state index in [1.54, 1.807) is 0 Å². The number of hydrogen-bond donors (Lipinski definition) is 1. The Morgan fingerprint density at radius 1 is 0.759 bits per heavy atom. The molecule has 0 aromatic heterocycles. The predicted octanol–water partition coefficient (Wildman–Crippen LogP) is 7.88. The molecule has 0 aliphatic carbocycles.